The summed E-state index contributed by atoms with van der Waals surface area (Å²) in [7, 11) is 0. The van der Waals surface area contributed by atoms with Crippen molar-refractivity contribution >= 4 is 11.8 Å². The normalized spacial score (nSPS) is 17.7. The first kappa shape index (κ1) is 24.2. The molecular formula is C30H34N2O4. The molecule has 1 fully saturated rings. The summed E-state index contributed by atoms with van der Waals surface area (Å²) in [6.45, 7) is 8.40. The molecule has 3 heterocycles. The van der Waals surface area contributed by atoms with E-state index >= 15 is 0 Å². The predicted molar refractivity (Wildman–Crippen MR) is 138 cm³/mol. The zero-order valence-electron chi connectivity index (χ0n) is 21.3. The number of carbonyl (C=O) groups excluding carboxylic acids is 2. The summed E-state index contributed by atoms with van der Waals surface area (Å²) in [5.41, 5.74) is 2.93. The molecule has 2 aliphatic rings. The zero-order chi connectivity index (χ0) is 25.3. The molecule has 5 rings (SSSR count). The fourth-order valence-electron chi connectivity index (χ4n) is 5.13. The minimum Gasteiger partial charge on any atom is -0.486 e. The Bertz CT molecular complexity index is 1240. The van der Waals surface area contributed by atoms with E-state index in [0.29, 0.717) is 23.8 Å². The highest BCUT2D eigenvalue weighted by molar-refractivity contribution is 5.91. The van der Waals surface area contributed by atoms with Crippen LogP contribution in [0.1, 0.15) is 72.7 Å². The highest BCUT2D eigenvalue weighted by atomic mass is 16.5. The summed E-state index contributed by atoms with van der Waals surface area (Å²) >= 11 is 0. The van der Waals surface area contributed by atoms with E-state index in [4.69, 9.17) is 9.15 Å². The molecule has 0 bridgehead atoms. The maximum absolute atomic E-state index is 13.4. The average molecular weight is 487 g/mol. The van der Waals surface area contributed by atoms with Gasteiger partial charge in [0, 0.05) is 25.0 Å². The van der Waals surface area contributed by atoms with Gasteiger partial charge in [0.15, 0.2) is 5.76 Å². The maximum Gasteiger partial charge on any atom is 0.289 e. The van der Waals surface area contributed by atoms with E-state index in [0.717, 1.165) is 43.5 Å². The number of rotatable bonds is 5. The lowest BCUT2D eigenvalue weighted by Gasteiger charge is -2.41. The monoisotopic (exact) mass is 486 g/mol. The van der Waals surface area contributed by atoms with Crippen LogP contribution in [0.2, 0.25) is 0 Å². The Kier molecular flexibility index (Phi) is 6.61. The van der Waals surface area contributed by atoms with Crippen LogP contribution < -0.4 is 4.74 Å². The molecule has 36 heavy (non-hydrogen) atoms. The van der Waals surface area contributed by atoms with Gasteiger partial charge in [0.05, 0.1) is 6.04 Å². The number of carbonyl (C=O) groups is 2. The second-order valence-electron chi connectivity index (χ2n) is 10.7. The van der Waals surface area contributed by atoms with Crippen molar-refractivity contribution in [1.29, 1.82) is 0 Å². The molecule has 1 aromatic heterocycles. The number of furan rings is 1. The maximum atomic E-state index is 13.4. The highest BCUT2D eigenvalue weighted by Gasteiger charge is 2.37. The Morgan fingerprint density at radius 2 is 1.72 bits per heavy atom. The van der Waals surface area contributed by atoms with E-state index in [1.165, 1.54) is 5.56 Å². The molecule has 1 atom stereocenters. The van der Waals surface area contributed by atoms with Crippen molar-refractivity contribution in [2.75, 3.05) is 19.6 Å². The van der Waals surface area contributed by atoms with Crippen LogP contribution in [0.25, 0.3) is 0 Å². The quantitative estimate of drug-likeness (QED) is 0.470. The van der Waals surface area contributed by atoms with Crippen molar-refractivity contribution in [1.82, 2.24) is 9.80 Å². The second-order valence-corrected chi connectivity index (χ2v) is 10.7. The van der Waals surface area contributed by atoms with Gasteiger partial charge in [-0.15, -0.1) is 0 Å². The van der Waals surface area contributed by atoms with Crippen molar-refractivity contribution in [2.24, 2.45) is 5.41 Å². The lowest BCUT2D eigenvalue weighted by atomic mass is 9.85. The van der Waals surface area contributed by atoms with Crippen LogP contribution in [0.4, 0.5) is 0 Å². The molecular weight excluding hydrogens is 452 g/mol. The Hall–Kier alpha value is -3.54. The molecule has 188 valence electrons. The fourth-order valence-corrected chi connectivity index (χ4v) is 5.13. The van der Waals surface area contributed by atoms with Crippen LogP contribution in [0.5, 0.6) is 5.75 Å². The molecule has 3 aromatic rings. The van der Waals surface area contributed by atoms with Gasteiger partial charge in [0.25, 0.3) is 5.91 Å². The number of hydrogen-bond acceptors (Lipinski definition) is 4. The molecule has 2 aliphatic heterocycles. The van der Waals surface area contributed by atoms with Crippen molar-refractivity contribution in [3.05, 3.63) is 88.9 Å². The van der Waals surface area contributed by atoms with Gasteiger partial charge in [-0.3, -0.25) is 9.59 Å². The minimum absolute atomic E-state index is 0.0539. The Morgan fingerprint density at radius 3 is 2.44 bits per heavy atom. The molecule has 1 saturated heterocycles. The minimum atomic E-state index is -0.470. The third-order valence-corrected chi connectivity index (χ3v) is 7.01. The number of amides is 2. The van der Waals surface area contributed by atoms with Gasteiger partial charge < -0.3 is 19.0 Å². The van der Waals surface area contributed by atoms with Crippen molar-refractivity contribution < 1.29 is 18.7 Å². The van der Waals surface area contributed by atoms with Crippen molar-refractivity contribution in [3.8, 4) is 5.75 Å². The molecule has 2 aromatic carbocycles. The molecule has 0 saturated carbocycles. The van der Waals surface area contributed by atoms with E-state index in [9.17, 15) is 9.59 Å². The average Bonchev–Trinajstić information content (AvgIpc) is 3.58. The van der Waals surface area contributed by atoms with Crippen LogP contribution in [-0.2, 0) is 17.8 Å². The molecule has 1 unspecified atom stereocenters. The van der Waals surface area contributed by atoms with Gasteiger partial charge in [-0.2, -0.15) is 0 Å². The van der Waals surface area contributed by atoms with Crippen LogP contribution in [0, 0.1) is 5.41 Å². The molecule has 0 spiro atoms. The fraction of sp³-hybridized carbons (Fsp3) is 0.400. The number of benzene rings is 2. The van der Waals surface area contributed by atoms with Crippen LogP contribution in [0.15, 0.2) is 65.1 Å². The Balaban J connectivity index is 1.37. The van der Waals surface area contributed by atoms with E-state index in [2.05, 4.69) is 18.2 Å². The highest BCUT2D eigenvalue weighted by Crippen LogP contribution is 2.39. The van der Waals surface area contributed by atoms with Gasteiger partial charge in [0.1, 0.15) is 18.1 Å². The van der Waals surface area contributed by atoms with Gasteiger partial charge in [-0.05, 0) is 60.2 Å². The summed E-state index contributed by atoms with van der Waals surface area (Å²) in [5, 5.41) is 0. The first-order valence-electron chi connectivity index (χ1n) is 12.8. The topological polar surface area (TPSA) is 63.0 Å². The zero-order valence-corrected chi connectivity index (χ0v) is 21.3. The van der Waals surface area contributed by atoms with E-state index in [-0.39, 0.29) is 24.5 Å². The number of nitrogens with zero attached hydrogens (tertiary/aromatic N) is 2. The molecule has 0 N–H and O–H groups in total. The molecule has 0 radical (unpaired) electrons. The van der Waals surface area contributed by atoms with E-state index in [1.54, 1.807) is 12.1 Å². The van der Waals surface area contributed by atoms with E-state index in [1.807, 2.05) is 60.9 Å². The summed E-state index contributed by atoms with van der Waals surface area (Å²) in [5.74, 6) is 1.77. The van der Waals surface area contributed by atoms with Crippen molar-refractivity contribution in [3.63, 3.8) is 0 Å². The lowest BCUT2D eigenvalue weighted by molar-refractivity contribution is -0.141. The first-order valence-corrected chi connectivity index (χ1v) is 12.8. The van der Waals surface area contributed by atoms with Gasteiger partial charge >= 0.3 is 0 Å². The first-order chi connectivity index (χ1) is 17.3. The van der Waals surface area contributed by atoms with Crippen LogP contribution in [0.3, 0.4) is 0 Å². The van der Waals surface area contributed by atoms with Crippen molar-refractivity contribution in [2.45, 2.75) is 52.7 Å². The summed E-state index contributed by atoms with van der Waals surface area (Å²) < 4.78 is 11.9. The van der Waals surface area contributed by atoms with Crippen LogP contribution >= 0.6 is 0 Å². The molecule has 2 amide bonds. The van der Waals surface area contributed by atoms with Gasteiger partial charge in [-0.25, -0.2) is 0 Å². The largest absolute Gasteiger partial charge is 0.486 e. The van der Waals surface area contributed by atoms with Gasteiger partial charge in [0.2, 0.25) is 5.91 Å². The summed E-state index contributed by atoms with van der Waals surface area (Å²) in [6.07, 6.45) is 2.90. The third-order valence-electron chi connectivity index (χ3n) is 7.01. The Morgan fingerprint density at radius 1 is 0.972 bits per heavy atom. The van der Waals surface area contributed by atoms with Crippen LogP contribution in [-0.4, -0.2) is 41.2 Å². The number of ether oxygens (including phenoxy) is 1. The number of likely N-dealkylation sites (tertiary alicyclic amines) is 1. The standard InChI is InChI=1S/C30H34N2O4/c1-30(2,3)29(34)32-18-15-21-11-12-23(19-25(21)27(32)22-9-5-4-6-10-22)35-20-24-13-14-26(36-24)28(33)31-16-7-8-17-31/h4-6,9-14,19,27H,7-8,15-18,20H2,1-3H3. The SMILES string of the molecule is CC(C)(C)C(=O)N1CCc2ccc(OCc3ccc(C(=O)N4CCCC4)o3)cc2C1c1ccccc1. The molecule has 6 heteroatoms. The third kappa shape index (κ3) is 4.90. The number of fused-ring (bicyclic) bond motifs is 1. The Labute approximate surface area is 212 Å². The smallest absolute Gasteiger partial charge is 0.289 e. The van der Waals surface area contributed by atoms with E-state index < -0.39 is 5.41 Å². The number of hydrogen-bond donors (Lipinski definition) is 0. The summed E-state index contributed by atoms with van der Waals surface area (Å²) in [6, 6.07) is 19.7. The lowest BCUT2D eigenvalue weighted by Crippen LogP contribution is -2.45. The second kappa shape index (κ2) is 9.84. The molecule has 0 aliphatic carbocycles. The van der Waals surface area contributed by atoms with Gasteiger partial charge in [-0.1, -0.05) is 57.2 Å². The predicted octanol–water partition coefficient (Wildman–Crippen LogP) is 5.61. The molecule has 6 nitrogen and oxygen atoms in total. The summed E-state index contributed by atoms with van der Waals surface area (Å²) in [4.78, 5) is 29.8.